The van der Waals surface area contributed by atoms with Gasteiger partial charge in [-0.25, -0.2) is 4.98 Å². The molecule has 0 aliphatic heterocycles. The van der Waals surface area contributed by atoms with Crippen LogP contribution in [0, 0.1) is 13.8 Å². The number of aryl methyl sites for hydroxylation is 3. The summed E-state index contributed by atoms with van der Waals surface area (Å²) < 4.78 is 2.23. The summed E-state index contributed by atoms with van der Waals surface area (Å²) in [5, 5.41) is 3.87. The summed E-state index contributed by atoms with van der Waals surface area (Å²) in [4.78, 5) is 4.28. The lowest BCUT2D eigenvalue weighted by atomic mass is 9.98. The van der Waals surface area contributed by atoms with Gasteiger partial charge in [0.2, 0.25) is 0 Å². The minimum Gasteiger partial charge on any atom is -0.335 e. The highest BCUT2D eigenvalue weighted by Crippen LogP contribution is 2.47. The third-order valence-electron chi connectivity index (χ3n) is 4.66. The fourth-order valence-corrected chi connectivity index (χ4v) is 3.24. The van der Waals surface area contributed by atoms with Gasteiger partial charge in [0.15, 0.2) is 0 Å². The first kappa shape index (κ1) is 14.3. The maximum atomic E-state index is 4.28. The van der Waals surface area contributed by atoms with Crippen molar-refractivity contribution < 1.29 is 0 Å². The lowest BCUT2D eigenvalue weighted by molar-refractivity contribution is 0.400. The zero-order valence-electron chi connectivity index (χ0n) is 13.3. The molecule has 0 bridgehead atoms. The fourth-order valence-electron chi connectivity index (χ4n) is 3.24. The van der Waals surface area contributed by atoms with Crippen molar-refractivity contribution in [1.82, 2.24) is 14.9 Å². The van der Waals surface area contributed by atoms with Crippen molar-refractivity contribution in [2.45, 2.75) is 58.2 Å². The van der Waals surface area contributed by atoms with E-state index in [0.29, 0.717) is 6.04 Å². The molecule has 1 unspecified atom stereocenters. The van der Waals surface area contributed by atoms with Crippen LogP contribution in [0.25, 0.3) is 0 Å². The molecule has 1 atom stereocenters. The Kier molecular flexibility index (Phi) is 3.85. The molecule has 112 valence electrons. The Balaban J connectivity index is 1.61. The van der Waals surface area contributed by atoms with E-state index in [1.807, 2.05) is 6.20 Å². The van der Waals surface area contributed by atoms with Gasteiger partial charge in [0.25, 0.3) is 0 Å². The molecule has 0 spiro atoms. The number of nitrogens with one attached hydrogen (secondary N) is 1. The van der Waals surface area contributed by atoms with Crippen molar-refractivity contribution in [2.24, 2.45) is 0 Å². The Morgan fingerprint density at radius 2 is 2.05 bits per heavy atom. The van der Waals surface area contributed by atoms with Crippen LogP contribution in [0.2, 0.25) is 0 Å². The van der Waals surface area contributed by atoms with Crippen LogP contribution in [-0.4, -0.2) is 15.6 Å². The lowest BCUT2D eigenvalue weighted by Gasteiger charge is -2.25. The van der Waals surface area contributed by atoms with Gasteiger partial charge in [0.1, 0.15) is 5.82 Å². The smallest absolute Gasteiger partial charge is 0.105 e. The Labute approximate surface area is 127 Å². The van der Waals surface area contributed by atoms with Crippen LogP contribution >= 0.6 is 0 Å². The van der Waals surface area contributed by atoms with E-state index in [1.54, 1.807) is 0 Å². The molecule has 0 radical (unpaired) electrons. The van der Waals surface area contributed by atoms with Gasteiger partial charge >= 0.3 is 0 Å². The second-order valence-corrected chi connectivity index (χ2v) is 6.40. The number of hydrogen-bond donors (Lipinski definition) is 1. The SMILES string of the molecule is Cc1ccccc1C1(NC(C)CCn2ccnc2C)CC1. The Morgan fingerprint density at radius 1 is 1.29 bits per heavy atom. The van der Waals surface area contributed by atoms with E-state index in [9.17, 15) is 0 Å². The topological polar surface area (TPSA) is 29.9 Å². The normalized spacial score (nSPS) is 17.7. The minimum atomic E-state index is 0.231. The molecule has 1 aliphatic rings. The molecule has 1 fully saturated rings. The van der Waals surface area contributed by atoms with Crippen molar-refractivity contribution in [3.8, 4) is 0 Å². The average Bonchev–Trinajstić information content (AvgIpc) is 3.11. The number of benzene rings is 1. The van der Waals surface area contributed by atoms with E-state index in [4.69, 9.17) is 0 Å². The van der Waals surface area contributed by atoms with Crippen molar-refractivity contribution in [3.05, 3.63) is 53.6 Å². The van der Waals surface area contributed by atoms with Gasteiger partial charge in [0, 0.05) is 30.5 Å². The third kappa shape index (κ3) is 3.03. The molecule has 1 aliphatic carbocycles. The highest BCUT2D eigenvalue weighted by atomic mass is 15.1. The highest BCUT2D eigenvalue weighted by molar-refractivity contribution is 5.37. The van der Waals surface area contributed by atoms with E-state index in [1.165, 1.54) is 24.0 Å². The van der Waals surface area contributed by atoms with Crippen LogP contribution in [0.1, 0.15) is 43.1 Å². The molecule has 1 aromatic carbocycles. The van der Waals surface area contributed by atoms with Gasteiger partial charge in [-0.15, -0.1) is 0 Å². The first-order valence-electron chi connectivity index (χ1n) is 7.92. The van der Waals surface area contributed by atoms with E-state index in [0.717, 1.165) is 18.8 Å². The van der Waals surface area contributed by atoms with E-state index in [2.05, 4.69) is 66.1 Å². The van der Waals surface area contributed by atoms with Gasteiger partial charge in [-0.2, -0.15) is 0 Å². The van der Waals surface area contributed by atoms with Crippen LogP contribution in [0.5, 0.6) is 0 Å². The van der Waals surface area contributed by atoms with Gasteiger partial charge in [-0.3, -0.25) is 0 Å². The second kappa shape index (κ2) is 5.64. The predicted molar refractivity (Wildman–Crippen MR) is 86.3 cm³/mol. The number of hydrogen-bond acceptors (Lipinski definition) is 2. The molecule has 3 heteroatoms. The first-order chi connectivity index (χ1) is 10.1. The molecule has 1 saturated carbocycles. The van der Waals surface area contributed by atoms with E-state index < -0.39 is 0 Å². The van der Waals surface area contributed by atoms with Crippen LogP contribution < -0.4 is 5.32 Å². The molecular formula is C18H25N3. The molecule has 0 saturated heterocycles. The summed E-state index contributed by atoms with van der Waals surface area (Å²) in [7, 11) is 0. The molecular weight excluding hydrogens is 258 g/mol. The van der Waals surface area contributed by atoms with Gasteiger partial charge < -0.3 is 9.88 Å². The molecule has 3 rings (SSSR count). The zero-order valence-corrected chi connectivity index (χ0v) is 13.3. The average molecular weight is 283 g/mol. The van der Waals surface area contributed by atoms with Crippen LogP contribution in [0.15, 0.2) is 36.7 Å². The standard InChI is InChI=1S/C18H25N3/c1-14-6-4-5-7-17(14)18(9-10-18)20-15(2)8-12-21-13-11-19-16(21)3/h4-7,11,13,15,20H,8-10,12H2,1-3H3. The maximum absolute atomic E-state index is 4.28. The van der Waals surface area contributed by atoms with Gasteiger partial charge in [-0.1, -0.05) is 24.3 Å². The maximum Gasteiger partial charge on any atom is 0.105 e. The summed E-state index contributed by atoms with van der Waals surface area (Å²) >= 11 is 0. The van der Waals surface area contributed by atoms with E-state index in [-0.39, 0.29) is 5.54 Å². The van der Waals surface area contributed by atoms with E-state index >= 15 is 0 Å². The molecule has 0 amide bonds. The monoisotopic (exact) mass is 283 g/mol. The van der Waals surface area contributed by atoms with Crippen molar-refractivity contribution in [1.29, 1.82) is 0 Å². The molecule has 3 nitrogen and oxygen atoms in total. The summed E-state index contributed by atoms with van der Waals surface area (Å²) in [6.45, 7) is 7.61. The zero-order chi connectivity index (χ0) is 14.9. The largest absolute Gasteiger partial charge is 0.335 e. The second-order valence-electron chi connectivity index (χ2n) is 6.40. The predicted octanol–water partition coefficient (Wildman–Crippen LogP) is 3.56. The Hall–Kier alpha value is -1.61. The molecule has 1 heterocycles. The Morgan fingerprint density at radius 3 is 2.67 bits per heavy atom. The number of aromatic nitrogens is 2. The van der Waals surface area contributed by atoms with Crippen molar-refractivity contribution in [3.63, 3.8) is 0 Å². The van der Waals surface area contributed by atoms with Crippen LogP contribution in [0.4, 0.5) is 0 Å². The quantitative estimate of drug-likeness (QED) is 0.878. The molecule has 21 heavy (non-hydrogen) atoms. The summed E-state index contributed by atoms with van der Waals surface area (Å²) in [5.74, 6) is 1.10. The van der Waals surface area contributed by atoms with Crippen molar-refractivity contribution in [2.75, 3.05) is 0 Å². The van der Waals surface area contributed by atoms with Crippen molar-refractivity contribution >= 4 is 0 Å². The van der Waals surface area contributed by atoms with Gasteiger partial charge in [-0.05, 0) is 51.2 Å². The molecule has 2 aromatic rings. The third-order valence-corrected chi connectivity index (χ3v) is 4.66. The number of imidazole rings is 1. The molecule has 1 aromatic heterocycles. The summed E-state index contributed by atoms with van der Waals surface area (Å²) in [6, 6.07) is 9.29. The summed E-state index contributed by atoms with van der Waals surface area (Å²) in [5.41, 5.74) is 3.12. The van der Waals surface area contributed by atoms with Crippen LogP contribution in [-0.2, 0) is 12.1 Å². The Bertz CT molecular complexity index is 610. The fraction of sp³-hybridized carbons (Fsp3) is 0.500. The molecule has 1 N–H and O–H groups in total. The van der Waals surface area contributed by atoms with Crippen LogP contribution in [0.3, 0.4) is 0 Å². The summed E-state index contributed by atoms with van der Waals surface area (Å²) in [6.07, 6.45) is 7.59. The van der Waals surface area contributed by atoms with Gasteiger partial charge in [0.05, 0.1) is 0 Å². The number of nitrogens with zero attached hydrogens (tertiary/aromatic N) is 2. The first-order valence-corrected chi connectivity index (χ1v) is 7.92. The minimum absolute atomic E-state index is 0.231. The highest BCUT2D eigenvalue weighted by Gasteiger charge is 2.45. The number of rotatable bonds is 6. The lowest BCUT2D eigenvalue weighted by Crippen LogP contribution is -2.37.